The Morgan fingerprint density at radius 3 is 2.02 bits per heavy atom. The minimum atomic E-state index is -1.78. The Morgan fingerprint density at radius 2 is 1.49 bits per heavy atom. The molecule has 14 heteroatoms. The maximum Gasteiger partial charge on any atom is 0.330 e. The average molecular weight is 773 g/mol. The molecule has 0 spiro atoms. The Hall–Kier alpha value is -4.38. The van der Waals surface area contributed by atoms with E-state index in [2.05, 4.69) is 43.4 Å². The number of fused-ring (bicyclic) bond motifs is 2. The number of ether oxygens (including phenoxy) is 5. The normalized spacial score (nSPS) is 21.9. The fraction of sp³-hybridized carbons (Fsp3) is 0.439. The second-order valence-corrected chi connectivity index (χ2v) is 15.5. The lowest BCUT2D eigenvalue weighted by atomic mass is 9.79. The van der Waals surface area contributed by atoms with E-state index in [1.165, 1.54) is 16.8 Å². The zero-order chi connectivity index (χ0) is 39.3. The topological polar surface area (TPSA) is 147 Å². The first-order chi connectivity index (χ1) is 26.5. The summed E-state index contributed by atoms with van der Waals surface area (Å²) in [6.07, 6.45) is -1.80. The van der Waals surface area contributed by atoms with Crippen LogP contribution in [-0.2, 0) is 28.9 Å². The number of methoxy groups -OCH3 is 2. The van der Waals surface area contributed by atoms with Crippen molar-refractivity contribution >= 4 is 8.53 Å². The van der Waals surface area contributed by atoms with Crippen molar-refractivity contribution in [3.63, 3.8) is 0 Å². The van der Waals surface area contributed by atoms with Gasteiger partial charge >= 0.3 is 5.69 Å². The van der Waals surface area contributed by atoms with E-state index < -0.39 is 55.5 Å². The minimum Gasteiger partial charge on any atom is -0.497 e. The number of nitriles is 1. The van der Waals surface area contributed by atoms with Gasteiger partial charge in [-0.1, -0.05) is 54.6 Å². The van der Waals surface area contributed by atoms with Crippen molar-refractivity contribution in [3.05, 3.63) is 129 Å². The molecule has 2 aliphatic rings. The Bertz CT molecular complexity index is 1980. The van der Waals surface area contributed by atoms with Crippen LogP contribution in [0.1, 0.15) is 64.0 Å². The van der Waals surface area contributed by atoms with E-state index >= 15 is 0 Å². The maximum atomic E-state index is 13.3. The van der Waals surface area contributed by atoms with Crippen molar-refractivity contribution in [1.29, 1.82) is 5.26 Å². The Labute approximate surface area is 322 Å². The lowest BCUT2D eigenvalue weighted by Gasteiger charge is -2.44. The van der Waals surface area contributed by atoms with Crippen LogP contribution in [-0.4, -0.2) is 77.7 Å². The summed E-state index contributed by atoms with van der Waals surface area (Å²) in [5.74, 6) is 1.37. The van der Waals surface area contributed by atoms with Gasteiger partial charge in [-0.15, -0.1) is 0 Å². The monoisotopic (exact) mass is 772 g/mol. The van der Waals surface area contributed by atoms with Gasteiger partial charge in [0, 0.05) is 24.3 Å². The van der Waals surface area contributed by atoms with Gasteiger partial charge in [0.2, 0.25) is 0 Å². The van der Waals surface area contributed by atoms with Gasteiger partial charge in [-0.05, 0) is 75.6 Å². The molecular formula is C41H49N4O9P. The van der Waals surface area contributed by atoms with Crippen LogP contribution >= 0.6 is 8.53 Å². The molecule has 6 rings (SSSR count). The number of nitrogens with one attached hydrogen (secondary N) is 1. The highest BCUT2D eigenvalue weighted by atomic mass is 31.2. The van der Waals surface area contributed by atoms with E-state index in [0.717, 1.165) is 16.7 Å². The van der Waals surface area contributed by atoms with E-state index in [-0.39, 0.29) is 31.7 Å². The second-order valence-electron chi connectivity index (χ2n) is 14.1. The molecule has 1 N–H and O–H groups in total. The lowest BCUT2D eigenvalue weighted by molar-refractivity contribution is -0.230. The molecule has 292 valence electrons. The zero-order valence-corrected chi connectivity index (χ0v) is 33.1. The highest BCUT2D eigenvalue weighted by Crippen LogP contribution is 2.57. The SMILES string of the molecule is COc1ccc(C(O[C@H](C)[C@@]23CO[C@@H]([C@H](n4ccc(=O)[nH]c4=O)O2)[C@@H]3OP(OCCC#N)N(C(C)C)C(C)C)(c2ccccc2)c2ccc(OC)cc2)cc1. The summed E-state index contributed by atoms with van der Waals surface area (Å²) in [6, 6.07) is 28.9. The van der Waals surface area contributed by atoms with E-state index in [1.807, 2.05) is 85.8 Å². The summed E-state index contributed by atoms with van der Waals surface area (Å²) in [6.45, 7) is 10.4. The van der Waals surface area contributed by atoms with Gasteiger partial charge in [0.1, 0.15) is 34.9 Å². The number of aromatic amines is 1. The van der Waals surface area contributed by atoms with Gasteiger partial charge in [0.05, 0.1) is 46.0 Å². The Morgan fingerprint density at radius 1 is 0.909 bits per heavy atom. The molecule has 13 nitrogen and oxygen atoms in total. The van der Waals surface area contributed by atoms with Crippen molar-refractivity contribution < 1.29 is 32.7 Å². The van der Waals surface area contributed by atoms with Crippen LogP contribution in [0.15, 0.2) is 101 Å². The third-order valence-electron chi connectivity index (χ3n) is 10.1. The van der Waals surface area contributed by atoms with Crippen LogP contribution in [0.4, 0.5) is 0 Å². The van der Waals surface area contributed by atoms with Gasteiger partial charge in [-0.2, -0.15) is 5.26 Å². The van der Waals surface area contributed by atoms with Crippen LogP contribution in [0.3, 0.4) is 0 Å². The summed E-state index contributed by atoms with van der Waals surface area (Å²) >= 11 is 0. The summed E-state index contributed by atoms with van der Waals surface area (Å²) in [7, 11) is 1.47. The van der Waals surface area contributed by atoms with Gasteiger partial charge < -0.3 is 32.7 Å². The minimum absolute atomic E-state index is 0.0206. The molecule has 55 heavy (non-hydrogen) atoms. The van der Waals surface area contributed by atoms with E-state index in [1.54, 1.807) is 14.2 Å². The predicted octanol–water partition coefficient (Wildman–Crippen LogP) is 6.28. The van der Waals surface area contributed by atoms with Crippen LogP contribution in [0, 0.1) is 11.3 Å². The fourth-order valence-corrected chi connectivity index (χ4v) is 9.32. The van der Waals surface area contributed by atoms with Crippen LogP contribution in [0.5, 0.6) is 11.5 Å². The summed E-state index contributed by atoms with van der Waals surface area (Å²) in [5.41, 5.74) is -1.22. The number of aromatic nitrogens is 2. The molecule has 0 radical (unpaired) electrons. The highest BCUT2D eigenvalue weighted by Gasteiger charge is 2.68. The number of nitrogens with zero attached hydrogens (tertiary/aromatic N) is 3. The first-order valence-electron chi connectivity index (χ1n) is 18.4. The van der Waals surface area contributed by atoms with Crippen LogP contribution in [0.2, 0.25) is 0 Å². The van der Waals surface area contributed by atoms with Gasteiger partial charge in [0.25, 0.3) is 14.1 Å². The van der Waals surface area contributed by atoms with Gasteiger partial charge in [-0.25, -0.2) is 9.46 Å². The first kappa shape index (κ1) is 40.3. The van der Waals surface area contributed by atoms with Crippen molar-refractivity contribution in [2.24, 2.45) is 0 Å². The number of hydrogen-bond acceptors (Lipinski definition) is 11. The summed E-state index contributed by atoms with van der Waals surface area (Å²) in [4.78, 5) is 27.7. The smallest absolute Gasteiger partial charge is 0.330 e. The van der Waals surface area contributed by atoms with Crippen molar-refractivity contribution in [2.75, 3.05) is 27.4 Å². The quantitative estimate of drug-likeness (QED) is 0.0735. The molecule has 2 bridgehead atoms. The van der Waals surface area contributed by atoms with Crippen molar-refractivity contribution in [3.8, 4) is 17.6 Å². The third-order valence-corrected chi connectivity index (χ3v) is 12.2. The molecule has 4 aromatic rings. The molecule has 2 fully saturated rings. The first-order valence-corrected chi connectivity index (χ1v) is 19.5. The molecule has 3 heterocycles. The molecule has 6 atom stereocenters. The van der Waals surface area contributed by atoms with Gasteiger partial charge in [-0.3, -0.25) is 14.3 Å². The van der Waals surface area contributed by atoms with Crippen LogP contribution < -0.4 is 20.7 Å². The molecule has 2 aliphatic heterocycles. The summed E-state index contributed by atoms with van der Waals surface area (Å²) in [5, 5.41) is 9.38. The molecule has 3 aromatic carbocycles. The largest absolute Gasteiger partial charge is 0.497 e. The molecule has 0 amide bonds. The molecule has 0 saturated carbocycles. The Kier molecular flexibility index (Phi) is 12.6. The third kappa shape index (κ3) is 7.86. The van der Waals surface area contributed by atoms with E-state index in [4.69, 9.17) is 32.7 Å². The number of hydrogen-bond donors (Lipinski definition) is 1. The zero-order valence-electron chi connectivity index (χ0n) is 32.2. The maximum absolute atomic E-state index is 13.3. The molecule has 0 aliphatic carbocycles. The van der Waals surface area contributed by atoms with E-state index in [0.29, 0.717) is 11.5 Å². The standard InChI is InChI=1S/C41H49N4O9P/c1-27(2)45(28(3)4)55(51-25-11-23-42)54-37-36-38(44-24-22-35(46)43-39(44)47)53-40(37,26-50-36)29(5)52-41(30-12-9-8-10-13-30,31-14-18-33(48-6)19-15-31)32-16-20-34(49-7)21-17-32/h8-10,12-22,24,27-29,36-38H,11,25-26H2,1-7H3,(H,43,46,47)/t29-,36-,37+,38-,40-,55?/m1/s1. The van der Waals surface area contributed by atoms with Crippen LogP contribution in [0.25, 0.3) is 0 Å². The number of rotatable bonds is 17. The predicted molar refractivity (Wildman–Crippen MR) is 207 cm³/mol. The molecule has 1 unspecified atom stereocenters. The summed E-state index contributed by atoms with van der Waals surface area (Å²) < 4.78 is 49.0. The fourth-order valence-electron chi connectivity index (χ4n) is 7.52. The average Bonchev–Trinajstić information content (AvgIpc) is 3.69. The van der Waals surface area contributed by atoms with Crippen molar-refractivity contribution in [2.45, 2.75) is 88.9 Å². The molecular weight excluding hydrogens is 723 g/mol. The lowest BCUT2D eigenvalue weighted by Crippen LogP contribution is -2.55. The molecule has 2 saturated heterocycles. The van der Waals surface area contributed by atoms with Gasteiger partial charge in [0.15, 0.2) is 6.23 Å². The number of benzene rings is 3. The van der Waals surface area contributed by atoms with E-state index in [9.17, 15) is 14.9 Å². The molecule has 1 aromatic heterocycles. The highest BCUT2D eigenvalue weighted by molar-refractivity contribution is 7.44. The number of H-pyrrole nitrogens is 1. The second kappa shape index (κ2) is 17.2. The van der Waals surface area contributed by atoms with Crippen molar-refractivity contribution in [1.82, 2.24) is 14.2 Å². The Balaban J connectivity index is 1.52.